The molecule has 1 aliphatic rings. The number of carbonyl (C=O) groups excluding carboxylic acids is 1. The van der Waals surface area contributed by atoms with Crippen LogP contribution < -0.4 is 0 Å². The van der Waals surface area contributed by atoms with Crippen LogP contribution in [0.1, 0.15) is 32.3 Å². The highest BCUT2D eigenvalue weighted by Gasteiger charge is 2.47. The normalized spacial score (nSPS) is 18.1. The van der Waals surface area contributed by atoms with Crippen LogP contribution in [0.2, 0.25) is 0 Å². The highest BCUT2D eigenvalue weighted by atomic mass is 32.2. The Morgan fingerprint density at radius 1 is 1.24 bits per heavy atom. The van der Waals surface area contributed by atoms with Gasteiger partial charge >= 0.3 is 0 Å². The molecule has 1 aromatic rings. The van der Waals surface area contributed by atoms with Crippen molar-refractivity contribution in [3.05, 3.63) is 29.8 Å². The molecule has 17 heavy (non-hydrogen) atoms. The topological polar surface area (TPSA) is 51.2 Å². The third-order valence-electron chi connectivity index (χ3n) is 3.36. The lowest BCUT2D eigenvalue weighted by molar-refractivity contribution is -0.109. The molecule has 0 radical (unpaired) electrons. The standard InChI is InChI=1S/C13H16O3S/c1-10(2)17(15,16)12-6-4-3-5-11(12)13(9-14)7-8-13/h3-6,9-10H,7-8H2,1-2H3. The minimum atomic E-state index is -3.32. The molecule has 0 spiro atoms. The first-order valence-corrected chi connectivity index (χ1v) is 7.28. The van der Waals surface area contributed by atoms with Gasteiger partial charge in [0.1, 0.15) is 6.29 Å². The summed E-state index contributed by atoms with van der Waals surface area (Å²) in [6.45, 7) is 3.32. The monoisotopic (exact) mass is 252 g/mol. The number of sulfone groups is 1. The molecule has 0 aromatic heterocycles. The Bertz CT molecular complexity index is 540. The summed E-state index contributed by atoms with van der Waals surface area (Å²) in [4.78, 5) is 11.5. The van der Waals surface area contributed by atoms with Gasteiger partial charge in [-0.2, -0.15) is 0 Å². The van der Waals surface area contributed by atoms with Gasteiger partial charge in [-0.3, -0.25) is 0 Å². The van der Waals surface area contributed by atoms with E-state index >= 15 is 0 Å². The van der Waals surface area contributed by atoms with Gasteiger partial charge in [-0.15, -0.1) is 0 Å². The largest absolute Gasteiger partial charge is 0.302 e. The molecule has 3 nitrogen and oxygen atoms in total. The lowest BCUT2D eigenvalue weighted by Crippen LogP contribution is -2.20. The van der Waals surface area contributed by atoms with Crippen LogP contribution in [0.4, 0.5) is 0 Å². The fourth-order valence-corrected chi connectivity index (χ4v) is 3.32. The van der Waals surface area contributed by atoms with Gasteiger partial charge in [0.2, 0.25) is 0 Å². The van der Waals surface area contributed by atoms with E-state index in [0.29, 0.717) is 10.5 Å². The molecule has 1 fully saturated rings. The van der Waals surface area contributed by atoms with Crippen LogP contribution in [-0.2, 0) is 20.0 Å². The minimum absolute atomic E-state index is 0.319. The summed E-state index contributed by atoms with van der Waals surface area (Å²) < 4.78 is 24.5. The maximum atomic E-state index is 12.2. The number of benzene rings is 1. The number of rotatable bonds is 4. The van der Waals surface area contributed by atoms with Crippen LogP contribution in [0.25, 0.3) is 0 Å². The van der Waals surface area contributed by atoms with E-state index in [4.69, 9.17) is 0 Å². The molecule has 0 amide bonds. The third-order valence-corrected chi connectivity index (χ3v) is 5.58. The zero-order valence-electron chi connectivity index (χ0n) is 10.0. The van der Waals surface area contributed by atoms with Gasteiger partial charge in [-0.1, -0.05) is 18.2 Å². The first-order chi connectivity index (χ1) is 7.94. The molecule has 1 aliphatic carbocycles. The summed E-state index contributed by atoms with van der Waals surface area (Å²) >= 11 is 0. The van der Waals surface area contributed by atoms with Crippen molar-refractivity contribution in [3.63, 3.8) is 0 Å². The van der Waals surface area contributed by atoms with Crippen LogP contribution in [0.5, 0.6) is 0 Å². The maximum Gasteiger partial charge on any atom is 0.180 e. The molecule has 0 unspecified atom stereocenters. The molecule has 0 atom stereocenters. The Morgan fingerprint density at radius 2 is 1.82 bits per heavy atom. The summed E-state index contributed by atoms with van der Waals surface area (Å²) in [5, 5.41) is -0.467. The molecule has 0 saturated heterocycles. The third kappa shape index (κ3) is 1.90. The first-order valence-electron chi connectivity index (χ1n) is 5.74. The van der Waals surface area contributed by atoms with Crippen molar-refractivity contribution in [1.82, 2.24) is 0 Å². The summed E-state index contributed by atoms with van der Waals surface area (Å²) in [7, 11) is -3.32. The second-order valence-corrected chi connectivity index (χ2v) is 7.34. The fraction of sp³-hybridized carbons (Fsp3) is 0.462. The Kier molecular flexibility index (Phi) is 2.86. The molecule has 4 heteroatoms. The van der Waals surface area contributed by atoms with Gasteiger partial charge in [-0.25, -0.2) is 8.42 Å². The SMILES string of the molecule is CC(C)S(=O)(=O)c1ccccc1C1(C=O)CC1. The van der Waals surface area contributed by atoms with Gasteiger partial charge in [-0.05, 0) is 38.3 Å². The Morgan fingerprint density at radius 3 is 2.29 bits per heavy atom. The number of carbonyl (C=O) groups is 1. The molecule has 0 heterocycles. The van der Waals surface area contributed by atoms with E-state index in [-0.39, 0.29) is 0 Å². The quantitative estimate of drug-likeness (QED) is 0.771. The fourth-order valence-electron chi connectivity index (χ4n) is 1.97. The second-order valence-electron chi connectivity index (χ2n) is 4.86. The van der Waals surface area contributed by atoms with Crippen LogP contribution >= 0.6 is 0 Å². The van der Waals surface area contributed by atoms with Gasteiger partial charge in [0.25, 0.3) is 0 Å². The van der Waals surface area contributed by atoms with Gasteiger partial charge < -0.3 is 4.79 Å². The van der Waals surface area contributed by atoms with Crippen molar-refractivity contribution in [1.29, 1.82) is 0 Å². The van der Waals surface area contributed by atoms with Gasteiger partial charge in [0.15, 0.2) is 9.84 Å². The lowest BCUT2D eigenvalue weighted by Gasteiger charge is -2.16. The van der Waals surface area contributed by atoms with Crippen molar-refractivity contribution in [2.24, 2.45) is 0 Å². The van der Waals surface area contributed by atoms with E-state index in [0.717, 1.165) is 19.1 Å². The Balaban J connectivity index is 2.61. The average molecular weight is 252 g/mol. The van der Waals surface area contributed by atoms with Crippen LogP contribution in [0.3, 0.4) is 0 Å². The van der Waals surface area contributed by atoms with Crippen molar-refractivity contribution in [2.45, 2.75) is 42.2 Å². The second kappa shape index (κ2) is 3.95. The van der Waals surface area contributed by atoms with Crippen molar-refractivity contribution in [2.75, 3.05) is 0 Å². The van der Waals surface area contributed by atoms with Crippen LogP contribution in [0, 0.1) is 0 Å². The molecular formula is C13H16O3S. The van der Waals surface area contributed by atoms with E-state index in [1.165, 1.54) is 0 Å². The van der Waals surface area contributed by atoms with Crippen LogP contribution in [0.15, 0.2) is 29.2 Å². The van der Waals surface area contributed by atoms with Gasteiger partial charge in [0, 0.05) is 0 Å². The molecule has 92 valence electrons. The lowest BCUT2D eigenvalue weighted by atomic mass is 9.98. The summed E-state index contributed by atoms with van der Waals surface area (Å²) in [6.07, 6.45) is 2.39. The number of aldehydes is 1. The average Bonchev–Trinajstić information content (AvgIpc) is 3.09. The summed E-state index contributed by atoms with van der Waals surface area (Å²) in [5.74, 6) is 0. The van der Waals surface area contributed by atoms with E-state index in [9.17, 15) is 13.2 Å². The predicted molar refractivity (Wildman–Crippen MR) is 65.7 cm³/mol. The Hall–Kier alpha value is -1.16. The highest BCUT2D eigenvalue weighted by Crippen LogP contribution is 2.48. The number of hydrogen-bond acceptors (Lipinski definition) is 3. The minimum Gasteiger partial charge on any atom is -0.302 e. The van der Waals surface area contributed by atoms with E-state index in [1.807, 2.05) is 0 Å². The molecule has 1 saturated carbocycles. The highest BCUT2D eigenvalue weighted by molar-refractivity contribution is 7.92. The summed E-state index contributed by atoms with van der Waals surface area (Å²) in [6, 6.07) is 6.86. The van der Waals surface area contributed by atoms with Crippen molar-refractivity contribution < 1.29 is 13.2 Å². The molecule has 1 aromatic carbocycles. The van der Waals surface area contributed by atoms with E-state index in [2.05, 4.69) is 0 Å². The zero-order valence-corrected chi connectivity index (χ0v) is 10.8. The van der Waals surface area contributed by atoms with E-state index < -0.39 is 20.5 Å². The molecule has 0 aliphatic heterocycles. The maximum absolute atomic E-state index is 12.2. The van der Waals surface area contributed by atoms with Gasteiger partial charge in [0.05, 0.1) is 15.6 Å². The number of hydrogen-bond donors (Lipinski definition) is 0. The zero-order chi connectivity index (χ0) is 12.7. The molecular weight excluding hydrogens is 236 g/mol. The molecule has 0 bridgehead atoms. The summed E-state index contributed by atoms with van der Waals surface area (Å²) in [5.41, 5.74) is 0.127. The van der Waals surface area contributed by atoms with Crippen molar-refractivity contribution in [3.8, 4) is 0 Å². The van der Waals surface area contributed by atoms with Crippen molar-refractivity contribution >= 4 is 16.1 Å². The Labute approximate surface area is 102 Å². The van der Waals surface area contributed by atoms with E-state index in [1.54, 1.807) is 38.1 Å². The predicted octanol–water partition coefficient (Wildman–Crippen LogP) is 2.10. The molecule has 0 N–H and O–H groups in total. The van der Waals surface area contributed by atoms with Crippen LogP contribution in [-0.4, -0.2) is 20.0 Å². The first kappa shape index (κ1) is 12.3. The molecule has 2 rings (SSSR count). The smallest absolute Gasteiger partial charge is 0.180 e.